The summed E-state index contributed by atoms with van der Waals surface area (Å²) in [5, 5.41) is 8.07. The van der Waals surface area contributed by atoms with Crippen LogP contribution >= 0.6 is 11.6 Å². The van der Waals surface area contributed by atoms with Crippen molar-refractivity contribution in [2.24, 2.45) is 0 Å². The largest absolute Gasteiger partial charge is 0.423 e. The lowest BCUT2D eigenvalue weighted by molar-refractivity contribution is -0.138. The first-order valence-electron chi connectivity index (χ1n) is 10.7. The van der Waals surface area contributed by atoms with Gasteiger partial charge < -0.3 is 19.9 Å². The minimum absolute atomic E-state index is 0.0160. The normalized spacial score (nSPS) is 13.8. The van der Waals surface area contributed by atoms with Crippen molar-refractivity contribution >= 4 is 29.1 Å². The zero-order valence-electron chi connectivity index (χ0n) is 18.9. The fourth-order valence-corrected chi connectivity index (χ4v) is 3.21. The van der Waals surface area contributed by atoms with Crippen LogP contribution in [0.25, 0.3) is 0 Å². The molecule has 1 aliphatic rings. The van der Waals surface area contributed by atoms with Crippen LogP contribution in [0.1, 0.15) is 25.8 Å². The average molecular weight is 506 g/mol. The highest BCUT2D eigenvalue weighted by Crippen LogP contribution is 2.31. The zero-order chi connectivity index (χ0) is 25.1. The molecule has 2 aromatic heterocycles. The molecular weight excluding hydrogens is 479 g/mol. The van der Waals surface area contributed by atoms with E-state index in [0.29, 0.717) is 37.1 Å². The molecule has 0 spiro atoms. The van der Waals surface area contributed by atoms with Crippen LogP contribution < -0.4 is 15.8 Å². The number of H-pyrrole nitrogens is 1. The molecule has 1 amide bonds. The first-order chi connectivity index (χ1) is 16.3. The molecule has 2 aromatic rings. The Hall–Kier alpha value is -2.93. The Bertz CT molecular complexity index is 965. The summed E-state index contributed by atoms with van der Waals surface area (Å²) >= 11 is 5.78. The Kier molecular flexibility index (Phi) is 10.5. The maximum Gasteiger partial charge on any atom is 0.423 e. The monoisotopic (exact) mass is 505 g/mol. The Labute approximate surface area is 199 Å². The molecule has 0 aliphatic carbocycles. The standard InChI is InChI=1S/C18H21ClF3N7O3.C2H6/c19-12-9-24-17(25-10-12)29-5-3-28(4-6-29)14(30)1-7-32-8-2-23-13-11-26-27-16(31)15(13)18(20,21)22;1-2/h9-11H,1-8H2,(H2,23,27,31);1-2H3. The quantitative estimate of drug-likeness (QED) is 0.525. The molecule has 0 radical (unpaired) electrons. The summed E-state index contributed by atoms with van der Waals surface area (Å²) in [6, 6.07) is 0. The number of aromatic nitrogens is 4. The van der Waals surface area contributed by atoms with Gasteiger partial charge in [-0.15, -0.1) is 0 Å². The van der Waals surface area contributed by atoms with Gasteiger partial charge >= 0.3 is 6.18 Å². The van der Waals surface area contributed by atoms with Crippen molar-refractivity contribution in [3.05, 3.63) is 39.5 Å². The van der Waals surface area contributed by atoms with Crippen molar-refractivity contribution < 1.29 is 22.7 Å². The molecule has 3 heterocycles. The number of rotatable bonds is 8. The van der Waals surface area contributed by atoms with Gasteiger partial charge in [0, 0.05) is 32.7 Å². The van der Waals surface area contributed by atoms with E-state index in [2.05, 4.69) is 20.4 Å². The summed E-state index contributed by atoms with van der Waals surface area (Å²) in [6.07, 6.45) is -0.732. The number of hydrogen-bond donors (Lipinski definition) is 2. The first kappa shape index (κ1) is 27.3. The zero-order valence-corrected chi connectivity index (χ0v) is 19.6. The van der Waals surface area contributed by atoms with Crippen molar-refractivity contribution in [3.63, 3.8) is 0 Å². The van der Waals surface area contributed by atoms with Crippen molar-refractivity contribution in [1.29, 1.82) is 0 Å². The number of aromatic amines is 1. The molecule has 0 bridgehead atoms. The van der Waals surface area contributed by atoms with Crippen LogP contribution in [0.3, 0.4) is 0 Å². The summed E-state index contributed by atoms with van der Waals surface area (Å²) in [6.45, 7) is 6.40. The first-order valence-corrected chi connectivity index (χ1v) is 11.1. The second-order valence-corrected chi connectivity index (χ2v) is 7.28. The van der Waals surface area contributed by atoms with Crippen LogP contribution in [0.5, 0.6) is 0 Å². The molecule has 1 fully saturated rings. The highest BCUT2D eigenvalue weighted by atomic mass is 35.5. The van der Waals surface area contributed by atoms with Gasteiger partial charge in [0.25, 0.3) is 5.56 Å². The second-order valence-electron chi connectivity index (χ2n) is 6.84. The fourth-order valence-electron chi connectivity index (χ4n) is 3.12. The number of anilines is 2. The lowest BCUT2D eigenvalue weighted by Gasteiger charge is -2.34. The number of carbonyl (C=O) groups excluding carboxylic acids is 1. The number of nitrogens with zero attached hydrogens (tertiary/aromatic N) is 5. The van der Waals surface area contributed by atoms with E-state index in [1.54, 1.807) is 10.00 Å². The molecule has 3 rings (SSSR count). The molecule has 10 nitrogen and oxygen atoms in total. The van der Waals surface area contributed by atoms with Gasteiger partial charge in [-0.2, -0.15) is 18.3 Å². The van der Waals surface area contributed by atoms with Gasteiger partial charge in [-0.05, 0) is 0 Å². The van der Waals surface area contributed by atoms with Crippen LogP contribution in [-0.2, 0) is 15.7 Å². The number of ether oxygens (including phenoxy) is 1. The van der Waals surface area contributed by atoms with Crippen molar-refractivity contribution in [2.45, 2.75) is 26.4 Å². The summed E-state index contributed by atoms with van der Waals surface area (Å²) in [5.41, 5.74) is -3.09. The topological polar surface area (TPSA) is 116 Å². The number of carbonyl (C=O) groups is 1. The molecule has 1 aliphatic heterocycles. The molecule has 2 N–H and O–H groups in total. The SMILES string of the molecule is CC.O=C(CCOCCNc1cn[nH]c(=O)c1C(F)(F)F)N1CCN(c2ncc(Cl)cn2)CC1. The van der Waals surface area contributed by atoms with E-state index in [1.165, 1.54) is 12.4 Å². The van der Waals surface area contributed by atoms with Gasteiger partial charge in [0.15, 0.2) is 0 Å². The van der Waals surface area contributed by atoms with Crippen molar-refractivity contribution in [2.75, 3.05) is 56.2 Å². The van der Waals surface area contributed by atoms with Gasteiger partial charge in [-0.25, -0.2) is 15.1 Å². The second kappa shape index (κ2) is 13.1. The molecule has 188 valence electrons. The average Bonchev–Trinajstić information content (AvgIpc) is 2.82. The molecule has 1 saturated heterocycles. The predicted octanol–water partition coefficient (Wildman–Crippen LogP) is 2.43. The van der Waals surface area contributed by atoms with E-state index in [4.69, 9.17) is 16.3 Å². The maximum atomic E-state index is 13.0. The predicted molar refractivity (Wildman–Crippen MR) is 121 cm³/mol. The third-order valence-electron chi connectivity index (χ3n) is 4.68. The third kappa shape index (κ3) is 7.83. The van der Waals surface area contributed by atoms with Gasteiger partial charge in [0.2, 0.25) is 11.9 Å². The number of alkyl halides is 3. The summed E-state index contributed by atoms with van der Waals surface area (Å²) in [5.74, 6) is 0.481. The van der Waals surface area contributed by atoms with Crippen LogP contribution in [0.15, 0.2) is 23.4 Å². The summed E-state index contributed by atoms with van der Waals surface area (Å²) in [4.78, 5) is 35.7. The van der Waals surface area contributed by atoms with Crippen molar-refractivity contribution in [3.8, 4) is 0 Å². The van der Waals surface area contributed by atoms with Gasteiger partial charge in [0.1, 0.15) is 5.56 Å². The fraction of sp³-hybridized carbons (Fsp3) is 0.550. The van der Waals surface area contributed by atoms with Gasteiger partial charge in [-0.3, -0.25) is 9.59 Å². The molecule has 14 heteroatoms. The minimum atomic E-state index is -4.81. The van der Waals surface area contributed by atoms with Crippen LogP contribution in [-0.4, -0.2) is 76.9 Å². The number of hydrogen-bond acceptors (Lipinski definition) is 8. The minimum Gasteiger partial charge on any atom is -0.381 e. The van der Waals surface area contributed by atoms with E-state index in [0.717, 1.165) is 6.20 Å². The number of amides is 1. The van der Waals surface area contributed by atoms with Gasteiger partial charge in [0.05, 0.1) is 48.9 Å². The van der Waals surface area contributed by atoms with E-state index in [1.807, 2.05) is 18.7 Å². The highest BCUT2D eigenvalue weighted by molar-refractivity contribution is 6.30. The molecule has 0 unspecified atom stereocenters. The maximum absolute atomic E-state index is 13.0. The molecule has 34 heavy (non-hydrogen) atoms. The Morgan fingerprint density at radius 2 is 1.79 bits per heavy atom. The van der Waals surface area contributed by atoms with E-state index in [-0.39, 0.29) is 32.1 Å². The van der Waals surface area contributed by atoms with Crippen LogP contribution in [0.4, 0.5) is 24.8 Å². The lowest BCUT2D eigenvalue weighted by Crippen LogP contribution is -2.49. The Morgan fingerprint density at radius 1 is 1.15 bits per heavy atom. The Balaban J connectivity index is 0.00000199. The molecule has 0 atom stereocenters. The number of piperazine rings is 1. The third-order valence-corrected chi connectivity index (χ3v) is 4.88. The van der Waals surface area contributed by atoms with Gasteiger partial charge in [-0.1, -0.05) is 25.4 Å². The summed E-state index contributed by atoms with van der Waals surface area (Å²) < 4.78 is 44.2. The number of halogens is 4. The lowest BCUT2D eigenvalue weighted by atomic mass is 10.2. The highest BCUT2D eigenvalue weighted by Gasteiger charge is 2.37. The summed E-state index contributed by atoms with van der Waals surface area (Å²) in [7, 11) is 0. The number of nitrogens with one attached hydrogen (secondary N) is 2. The van der Waals surface area contributed by atoms with Crippen LogP contribution in [0.2, 0.25) is 5.02 Å². The van der Waals surface area contributed by atoms with E-state index in [9.17, 15) is 22.8 Å². The van der Waals surface area contributed by atoms with E-state index < -0.39 is 23.0 Å². The van der Waals surface area contributed by atoms with E-state index >= 15 is 0 Å². The Morgan fingerprint density at radius 3 is 2.41 bits per heavy atom. The molecule has 0 aromatic carbocycles. The molecular formula is C20H27ClF3N7O3. The van der Waals surface area contributed by atoms with Crippen molar-refractivity contribution in [1.82, 2.24) is 25.1 Å². The smallest absolute Gasteiger partial charge is 0.381 e. The molecule has 0 saturated carbocycles. The van der Waals surface area contributed by atoms with Crippen LogP contribution in [0, 0.1) is 0 Å².